The Balaban J connectivity index is 1.73. The molecule has 2 aliphatic rings. The van der Waals surface area contributed by atoms with E-state index >= 15 is 0 Å². The summed E-state index contributed by atoms with van der Waals surface area (Å²) < 4.78 is 5.93. The Kier molecular flexibility index (Phi) is 4.80. The summed E-state index contributed by atoms with van der Waals surface area (Å²) in [4.78, 5) is 14.8. The Morgan fingerprint density at radius 2 is 2.17 bits per heavy atom. The number of hydrogen-bond acceptors (Lipinski definition) is 5. The molecule has 0 unspecified atom stereocenters. The lowest BCUT2D eigenvalue weighted by Gasteiger charge is -2.44. The number of nitrogens with zero attached hydrogens (tertiary/aromatic N) is 3. The van der Waals surface area contributed by atoms with Crippen molar-refractivity contribution in [1.82, 2.24) is 15.5 Å². The van der Waals surface area contributed by atoms with Gasteiger partial charge in [-0.2, -0.15) is 5.10 Å². The van der Waals surface area contributed by atoms with E-state index in [1.807, 2.05) is 32.9 Å². The number of nitrogens with one attached hydrogen (secondary N) is 1. The van der Waals surface area contributed by atoms with E-state index in [4.69, 9.17) is 4.74 Å². The lowest BCUT2D eigenvalue weighted by molar-refractivity contribution is -0.137. The van der Waals surface area contributed by atoms with Gasteiger partial charge in [0.25, 0.3) is 0 Å². The molecular weight excluding hydrogens is 292 g/mol. The number of aryl methyl sites for hydroxylation is 1. The van der Waals surface area contributed by atoms with Crippen LogP contribution in [0.1, 0.15) is 32.4 Å². The largest absolute Gasteiger partial charge is 0.378 e. The molecule has 3 atom stereocenters. The Morgan fingerprint density at radius 1 is 1.35 bits per heavy atom. The molecule has 23 heavy (non-hydrogen) atoms. The molecule has 1 N–H and O–H groups in total. The second-order valence-electron chi connectivity index (χ2n) is 6.90. The van der Waals surface area contributed by atoms with Crippen molar-refractivity contribution in [2.75, 3.05) is 24.6 Å². The molecule has 2 aliphatic heterocycles. The SMILES string of the molecule is Cc1ccc(N2CC[C@@H]3OCC[C@H](C(=O)NC(C)C)[C@H]3C2)nn1. The third-order valence-electron chi connectivity index (χ3n) is 4.75. The highest BCUT2D eigenvalue weighted by Gasteiger charge is 2.42. The number of hydrogen-bond donors (Lipinski definition) is 1. The van der Waals surface area contributed by atoms with Crippen molar-refractivity contribution in [3.63, 3.8) is 0 Å². The normalized spacial score (nSPS) is 27.7. The average Bonchev–Trinajstić information content (AvgIpc) is 2.54. The number of fused-ring (bicyclic) bond motifs is 1. The van der Waals surface area contributed by atoms with E-state index < -0.39 is 0 Å². The van der Waals surface area contributed by atoms with Gasteiger partial charge >= 0.3 is 0 Å². The van der Waals surface area contributed by atoms with Gasteiger partial charge in [-0.25, -0.2) is 0 Å². The molecule has 1 aromatic rings. The number of rotatable bonds is 3. The van der Waals surface area contributed by atoms with Gasteiger partial charge in [0.15, 0.2) is 5.82 Å². The first-order chi connectivity index (χ1) is 11.0. The molecule has 0 saturated carbocycles. The molecule has 3 heterocycles. The monoisotopic (exact) mass is 318 g/mol. The van der Waals surface area contributed by atoms with Crippen molar-refractivity contribution in [2.24, 2.45) is 11.8 Å². The summed E-state index contributed by atoms with van der Waals surface area (Å²) in [6, 6.07) is 4.16. The lowest BCUT2D eigenvalue weighted by atomic mass is 9.79. The van der Waals surface area contributed by atoms with Crippen LogP contribution in [0.5, 0.6) is 0 Å². The highest BCUT2D eigenvalue weighted by atomic mass is 16.5. The maximum atomic E-state index is 12.5. The van der Waals surface area contributed by atoms with Gasteiger partial charge in [-0.15, -0.1) is 5.10 Å². The van der Waals surface area contributed by atoms with Crippen molar-refractivity contribution in [1.29, 1.82) is 0 Å². The van der Waals surface area contributed by atoms with Crippen LogP contribution in [-0.2, 0) is 9.53 Å². The van der Waals surface area contributed by atoms with E-state index in [-0.39, 0.29) is 29.9 Å². The van der Waals surface area contributed by atoms with Gasteiger partial charge in [-0.1, -0.05) is 0 Å². The second kappa shape index (κ2) is 6.83. The molecule has 2 saturated heterocycles. The molecule has 0 aromatic carbocycles. The van der Waals surface area contributed by atoms with Crippen LogP contribution in [0.3, 0.4) is 0 Å². The van der Waals surface area contributed by atoms with Gasteiger partial charge in [-0.3, -0.25) is 4.79 Å². The third-order valence-corrected chi connectivity index (χ3v) is 4.75. The zero-order chi connectivity index (χ0) is 16.4. The number of carbonyl (C=O) groups is 1. The van der Waals surface area contributed by atoms with Crippen LogP contribution < -0.4 is 10.2 Å². The number of amides is 1. The summed E-state index contributed by atoms with van der Waals surface area (Å²) in [6.45, 7) is 8.33. The Hall–Kier alpha value is -1.69. The minimum absolute atomic E-state index is 0.0253. The highest BCUT2D eigenvalue weighted by Crippen LogP contribution is 2.34. The lowest BCUT2D eigenvalue weighted by Crippen LogP contribution is -2.54. The van der Waals surface area contributed by atoms with Gasteiger partial charge in [0.05, 0.1) is 11.8 Å². The first-order valence-corrected chi connectivity index (χ1v) is 8.52. The van der Waals surface area contributed by atoms with E-state index in [9.17, 15) is 4.79 Å². The number of carbonyl (C=O) groups excluding carboxylic acids is 1. The second-order valence-corrected chi connectivity index (χ2v) is 6.90. The zero-order valence-electron chi connectivity index (χ0n) is 14.2. The van der Waals surface area contributed by atoms with E-state index in [0.29, 0.717) is 6.61 Å². The van der Waals surface area contributed by atoms with Gasteiger partial charge in [0.1, 0.15) is 0 Å². The van der Waals surface area contributed by atoms with Crippen LogP contribution in [0.15, 0.2) is 12.1 Å². The Labute approximate surface area is 137 Å². The summed E-state index contributed by atoms with van der Waals surface area (Å²) in [5.41, 5.74) is 0.916. The first kappa shape index (κ1) is 16.2. The maximum absolute atomic E-state index is 12.5. The van der Waals surface area contributed by atoms with Gasteiger partial charge in [0, 0.05) is 37.6 Å². The summed E-state index contributed by atoms with van der Waals surface area (Å²) in [5, 5.41) is 11.5. The summed E-state index contributed by atoms with van der Waals surface area (Å²) in [7, 11) is 0. The molecule has 0 bridgehead atoms. The quantitative estimate of drug-likeness (QED) is 0.916. The number of aromatic nitrogens is 2. The summed E-state index contributed by atoms with van der Waals surface area (Å²) in [5.74, 6) is 1.30. The molecule has 0 aliphatic carbocycles. The van der Waals surface area contributed by atoms with Crippen molar-refractivity contribution in [3.8, 4) is 0 Å². The predicted molar refractivity (Wildman–Crippen MR) is 88.2 cm³/mol. The molecule has 126 valence electrons. The average molecular weight is 318 g/mol. The topological polar surface area (TPSA) is 67.3 Å². The van der Waals surface area contributed by atoms with Gasteiger partial charge < -0.3 is 15.0 Å². The van der Waals surface area contributed by atoms with Crippen molar-refractivity contribution < 1.29 is 9.53 Å². The Bertz CT molecular complexity index is 546. The standard InChI is InChI=1S/C17H26N4O2/c1-11(2)18-17(22)13-7-9-23-15-6-8-21(10-14(13)15)16-5-4-12(3)19-20-16/h4-5,11,13-15H,6-10H2,1-3H3,(H,18,22)/t13-,14+,15-/m0/s1. The fourth-order valence-corrected chi connectivity index (χ4v) is 3.60. The summed E-state index contributed by atoms with van der Waals surface area (Å²) in [6.07, 6.45) is 1.92. The molecule has 1 aromatic heterocycles. The number of piperidine rings is 1. The molecule has 3 rings (SSSR count). The smallest absolute Gasteiger partial charge is 0.223 e. The molecule has 0 radical (unpaired) electrons. The van der Waals surface area contributed by atoms with E-state index in [0.717, 1.165) is 37.4 Å². The molecule has 6 nitrogen and oxygen atoms in total. The molecular formula is C17H26N4O2. The van der Waals surface area contributed by atoms with Gasteiger partial charge in [0.2, 0.25) is 5.91 Å². The Morgan fingerprint density at radius 3 is 2.87 bits per heavy atom. The van der Waals surface area contributed by atoms with Crippen LogP contribution in [0.25, 0.3) is 0 Å². The minimum atomic E-state index is 0.0253. The highest BCUT2D eigenvalue weighted by molar-refractivity contribution is 5.79. The van der Waals surface area contributed by atoms with Crippen molar-refractivity contribution in [2.45, 2.75) is 45.8 Å². The minimum Gasteiger partial charge on any atom is -0.378 e. The van der Waals surface area contributed by atoms with Crippen LogP contribution in [0, 0.1) is 18.8 Å². The number of ether oxygens (including phenoxy) is 1. The molecule has 1 amide bonds. The third kappa shape index (κ3) is 3.63. The molecule has 0 spiro atoms. The fourth-order valence-electron chi connectivity index (χ4n) is 3.60. The zero-order valence-corrected chi connectivity index (χ0v) is 14.2. The van der Waals surface area contributed by atoms with Gasteiger partial charge in [-0.05, 0) is 45.7 Å². The van der Waals surface area contributed by atoms with Crippen LogP contribution in [0.2, 0.25) is 0 Å². The van der Waals surface area contributed by atoms with Crippen LogP contribution >= 0.6 is 0 Å². The van der Waals surface area contributed by atoms with E-state index in [1.54, 1.807) is 0 Å². The van der Waals surface area contributed by atoms with Crippen molar-refractivity contribution >= 4 is 11.7 Å². The number of anilines is 1. The van der Waals surface area contributed by atoms with E-state index in [1.165, 1.54) is 0 Å². The van der Waals surface area contributed by atoms with Crippen LogP contribution in [-0.4, -0.2) is 47.9 Å². The predicted octanol–water partition coefficient (Wildman–Crippen LogP) is 1.54. The van der Waals surface area contributed by atoms with E-state index in [2.05, 4.69) is 20.4 Å². The van der Waals surface area contributed by atoms with Crippen molar-refractivity contribution in [3.05, 3.63) is 17.8 Å². The van der Waals surface area contributed by atoms with Crippen LogP contribution in [0.4, 0.5) is 5.82 Å². The molecule has 2 fully saturated rings. The maximum Gasteiger partial charge on any atom is 0.223 e. The fraction of sp³-hybridized carbons (Fsp3) is 0.706. The molecule has 6 heteroatoms. The summed E-state index contributed by atoms with van der Waals surface area (Å²) >= 11 is 0. The first-order valence-electron chi connectivity index (χ1n) is 8.52.